The van der Waals surface area contributed by atoms with Crippen LogP contribution in [0, 0.1) is 16.7 Å². The fourth-order valence-electron chi connectivity index (χ4n) is 4.19. The van der Waals surface area contributed by atoms with E-state index < -0.39 is 6.09 Å². The number of pyridine rings is 1. The van der Waals surface area contributed by atoms with Crippen LogP contribution in [0.5, 0.6) is 0 Å². The molecule has 3 heterocycles. The van der Waals surface area contributed by atoms with Crippen LogP contribution in [0.3, 0.4) is 0 Å². The molecule has 2 aromatic rings. The van der Waals surface area contributed by atoms with Gasteiger partial charge in [-0.25, -0.2) is 9.78 Å². The predicted molar refractivity (Wildman–Crippen MR) is 92.3 cm³/mol. The van der Waals surface area contributed by atoms with Crippen LogP contribution < -0.4 is 4.90 Å². The number of rotatable bonds is 3. The van der Waals surface area contributed by atoms with E-state index in [-0.39, 0.29) is 11.5 Å². The maximum atomic E-state index is 11.5. The Balaban J connectivity index is 1.65. The molecule has 2 atom stereocenters. The monoisotopic (exact) mass is 334 g/mol. The van der Waals surface area contributed by atoms with Gasteiger partial charge in [-0.05, 0) is 24.1 Å². The number of amides is 1. The third-order valence-corrected chi connectivity index (χ3v) is 5.32. The van der Waals surface area contributed by atoms with E-state index in [0.717, 1.165) is 6.42 Å². The molecule has 126 valence electrons. The van der Waals surface area contributed by atoms with Crippen molar-refractivity contribution in [3.8, 4) is 6.07 Å². The SMILES string of the molecule is N#Cc1cccnc1N1C[C@@]2(Cc3ccccc3)CN(C(=O)O)C[C@@H]12. The van der Waals surface area contributed by atoms with Gasteiger partial charge >= 0.3 is 6.09 Å². The van der Waals surface area contributed by atoms with Gasteiger partial charge in [-0.15, -0.1) is 0 Å². The van der Waals surface area contributed by atoms with Crippen molar-refractivity contribution in [2.75, 3.05) is 24.5 Å². The van der Waals surface area contributed by atoms with Crippen LogP contribution in [0.15, 0.2) is 48.7 Å². The normalized spacial score (nSPS) is 24.4. The minimum Gasteiger partial charge on any atom is -0.465 e. The highest BCUT2D eigenvalue weighted by Crippen LogP contribution is 2.48. The molecule has 2 aliphatic rings. The zero-order valence-electron chi connectivity index (χ0n) is 13.7. The standard InChI is InChI=1S/C19H18N4O2/c20-10-15-7-4-8-21-17(15)23-13-19(9-14-5-2-1-3-6-14)12-22(18(24)25)11-16(19)23/h1-8,16H,9,11-13H2,(H,24,25)/t16-,19-/m1/s1. The molecular weight excluding hydrogens is 316 g/mol. The molecule has 4 rings (SSSR count). The van der Waals surface area contributed by atoms with E-state index in [1.165, 1.54) is 10.5 Å². The smallest absolute Gasteiger partial charge is 0.407 e. The van der Waals surface area contributed by atoms with Crippen molar-refractivity contribution >= 4 is 11.9 Å². The van der Waals surface area contributed by atoms with Crippen molar-refractivity contribution in [3.05, 3.63) is 59.8 Å². The average Bonchev–Trinajstić information content (AvgIpc) is 2.90. The fraction of sp³-hybridized carbons (Fsp3) is 0.316. The third kappa shape index (κ3) is 2.49. The largest absolute Gasteiger partial charge is 0.465 e. The topological polar surface area (TPSA) is 80.5 Å². The second kappa shape index (κ2) is 5.78. The lowest BCUT2D eigenvalue weighted by Gasteiger charge is -2.54. The van der Waals surface area contributed by atoms with Gasteiger partial charge in [0.25, 0.3) is 0 Å². The first-order valence-electron chi connectivity index (χ1n) is 8.26. The van der Waals surface area contributed by atoms with E-state index in [0.29, 0.717) is 31.0 Å². The lowest BCUT2D eigenvalue weighted by molar-refractivity contribution is 0.144. The van der Waals surface area contributed by atoms with Gasteiger partial charge in [0, 0.05) is 31.2 Å². The lowest BCUT2D eigenvalue weighted by Crippen LogP contribution is -2.65. The molecule has 1 N–H and O–H groups in total. The van der Waals surface area contributed by atoms with Crippen LogP contribution >= 0.6 is 0 Å². The Hall–Kier alpha value is -3.07. The van der Waals surface area contributed by atoms with Gasteiger partial charge in [-0.2, -0.15) is 5.26 Å². The summed E-state index contributed by atoms with van der Waals surface area (Å²) in [6.45, 7) is 1.68. The van der Waals surface area contributed by atoms with Crippen molar-refractivity contribution in [1.29, 1.82) is 5.26 Å². The number of hydrogen-bond donors (Lipinski definition) is 1. The van der Waals surface area contributed by atoms with Gasteiger partial charge in [0.15, 0.2) is 0 Å². The van der Waals surface area contributed by atoms with Gasteiger partial charge in [0.2, 0.25) is 0 Å². The highest BCUT2D eigenvalue weighted by atomic mass is 16.4. The number of fused-ring (bicyclic) bond motifs is 1. The first-order valence-corrected chi connectivity index (χ1v) is 8.26. The second-order valence-electron chi connectivity index (χ2n) is 6.82. The molecule has 1 amide bonds. The Labute approximate surface area is 145 Å². The summed E-state index contributed by atoms with van der Waals surface area (Å²) in [4.78, 5) is 19.5. The summed E-state index contributed by atoms with van der Waals surface area (Å²) < 4.78 is 0. The zero-order chi connectivity index (χ0) is 17.4. The molecule has 6 nitrogen and oxygen atoms in total. The van der Waals surface area contributed by atoms with Crippen LogP contribution in [-0.4, -0.2) is 46.8 Å². The second-order valence-corrected chi connectivity index (χ2v) is 6.82. The number of nitriles is 1. The summed E-state index contributed by atoms with van der Waals surface area (Å²) in [5.74, 6) is 0.658. The quantitative estimate of drug-likeness (QED) is 0.932. The number of likely N-dealkylation sites (tertiary alicyclic amines) is 1. The van der Waals surface area contributed by atoms with E-state index in [1.807, 2.05) is 18.2 Å². The molecule has 2 aliphatic heterocycles. The Morgan fingerprint density at radius 1 is 1.28 bits per heavy atom. The van der Waals surface area contributed by atoms with E-state index in [2.05, 4.69) is 28.1 Å². The third-order valence-electron chi connectivity index (χ3n) is 5.32. The number of hydrogen-bond acceptors (Lipinski definition) is 4. The maximum Gasteiger partial charge on any atom is 0.407 e. The van der Waals surface area contributed by atoms with Gasteiger partial charge in [0.05, 0.1) is 11.6 Å². The molecule has 0 aliphatic carbocycles. The van der Waals surface area contributed by atoms with E-state index >= 15 is 0 Å². The molecule has 0 bridgehead atoms. The van der Waals surface area contributed by atoms with Gasteiger partial charge in [0.1, 0.15) is 11.9 Å². The molecular formula is C19H18N4O2. The molecule has 0 saturated carbocycles. The van der Waals surface area contributed by atoms with Crippen LogP contribution in [0.2, 0.25) is 0 Å². The first-order chi connectivity index (χ1) is 12.1. The highest BCUT2D eigenvalue weighted by Gasteiger charge is 2.59. The predicted octanol–water partition coefficient (Wildman–Crippen LogP) is 2.36. The molecule has 2 fully saturated rings. The minimum atomic E-state index is -0.886. The Bertz CT molecular complexity index is 848. The number of aromatic nitrogens is 1. The molecule has 25 heavy (non-hydrogen) atoms. The maximum absolute atomic E-state index is 11.5. The van der Waals surface area contributed by atoms with Crippen LogP contribution in [0.4, 0.5) is 10.6 Å². The number of carboxylic acid groups (broad SMARTS) is 1. The van der Waals surface area contributed by atoms with Crippen LogP contribution in [-0.2, 0) is 6.42 Å². The molecule has 1 aromatic carbocycles. The Morgan fingerprint density at radius 2 is 2.08 bits per heavy atom. The molecule has 2 saturated heterocycles. The fourth-order valence-corrected chi connectivity index (χ4v) is 4.19. The van der Waals surface area contributed by atoms with Gasteiger partial charge < -0.3 is 14.9 Å². The summed E-state index contributed by atoms with van der Waals surface area (Å²) in [6, 6.07) is 15.9. The van der Waals surface area contributed by atoms with Crippen molar-refractivity contribution in [2.24, 2.45) is 5.41 Å². The van der Waals surface area contributed by atoms with Gasteiger partial charge in [-0.3, -0.25) is 0 Å². The Morgan fingerprint density at radius 3 is 2.80 bits per heavy atom. The summed E-state index contributed by atoms with van der Waals surface area (Å²) in [5, 5.41) is 18.8. The highest BCUT2D eigenvalue weighted by molar-refractivity contribution is 5.67. The lowest BCUT2D eigenvalue weighted by atomic mass is 9.69. The van der Waals surface area contributed by atoms with E-state index in [9.17, 15) is 15.2 Å². The molecule has 6 heteroatoms. The Kier molecular flexibility index (Phi) is 3.57. The van der Waals surface area contributed by atoms with Gasteiger partial charge in [-0.1, -0.05) is 30.3 Å². The minimum absolute atomic E-state index is 0.0470. The van der Waals surface area contributed by atoms with Crippen LogP contribution in [0.1, 0.15) is 11.1 Å². The number of benzene rings is 1. The average molecular weight is 334 g/mol. The number of anilines is 1. The zero-order valence-corrected chi connectivity index (χ0v) is 13.7. The van der Waals surface area contributed by atoms with Crippen molar-refractivity contribution in [3.63, 3.8) is 0 Å². The number of carbonyl (C=O) groups is 1. The van der Waals surface area contributed by atoms with Crippen LogP contribution in [0.25, 0.3) is 0 Å². The molecule has 1 aromatic heterocycles. The summed E-state index contributed by atoms with van der Waals surface area (Å²) >= 11 is 0. The summed E-state index contributed by atoms with van der Waals surface area (Å²) in [7, 11) is 0. The summed E-state index contributed by atoms with van der Waals surface area (Å²) in [6.07, 6.45) is 1.62. The van der Waals surface area contributed by atoms with E-state index in [4.69, 9.17) is 0 Å². The molecule has 0 unspecified atom stereocenters. The summed E-state index contributed by atoms with van der Waals surface area (Å²) in [5.41, 5.74) is 1.62. The first kappa shape index (κ1) is 15.5. The molecule has 0 radical (unpaired) electrons. The van der Waals surface area contributed by atoms with Crippen molar-refractivity contribution < 1.29 is 9.90 Å². The number of nitrogens with zero attached hydrogens (tertiary/aromatic N) is 4. The van der Waals surface area contributed by atoms with Crippen molar-refractivity contribution in [1.82, 2.24) is 9.88 Å². The molecule has 0 spiro atoms. The van der Waals surface area contributed by atoms with Crippen molar-refractivity contribution in [2.45, 2.75) is 12.5 Å². The van der Waals surface area contributed by atoms with E-state index in [1.54, 1.807) is 18.3 Å².